The molecule has 21 heavy (non-hydrogen) atoms. The second kappa shape index (κ2) is 7.80. The number of halogens is 2. The third-order valence-corrected chi connectivity index (χ3v) is 4.90. The Morgan fingerprint density at radius 2 is 2.14 bits per heavy atom. The maximum Gasteiger partial charge on any atom is 0.307 e. The van der Waals surface area contributed by atoms with Gasteiger partial charge in [-0.25, -0.2) is 0 Å². The van der Waals surface area contributed by atoms with Crippen LogP contribution < -0.4 is 5.32 Å². The van der Waals surface area contributed by atoms with Crippen LogP contribution in [0.5, 0.6) is 0 Å². The zero-order valence-electron chi connectivity index (χ0n) is 11.4. The number of carbonyl (C=O) groups excluding carboxylic acids is 1. The first-order valence-corrected chi connectivity index (χ1v) is 8.02. The summed E-state index contributed by atoms with van der Waals surface area (Å²) in [7, 11) is 1.39. The number of hydrogen-bond donors (Lipinski definition) is 1. The molecule has 0 bridgehead atoms. The van der Waals surface area contributed by atoms with Gasteiger partial charge in [0.2, 0.25) is 0 Å². The number of esters is 1. The van der Waals surface area contributed by atoms with E-state index in [0.717, 1.165) is 10.4 Å². The van der Waals surface area contributed by atoms with Gasteiger partial charge in [0.05, 0.1) is 29.6 Å². The molecular formula is C15H15Cl2NO2S. The number of hydrogen-bond acceptors (Lipinski definition) is 4. The molecule has 1 N–H and O–H groups in total. The van der Waals surface area contributed by atoms with Crippen LogP contribution in [0.15, 0.2) is 35.7 Å². The molecule has 0 fully saturated rings. The summed E-state index contributed by atoms with van der Waals surface area (Å²) in [5.41, 5.74) is 0.899. The quantitative estimate of drug-likeness (QED) is 0.787. The predicted molar refractivity (Wildman–Crippen MR) is 87.0 cm³/mol. The fourth-order valence-corrected chi connectivity index (χ4v) is 3.12. The van der Waals surface area contributed by atoms with Gasteiger partial charge in [-0.2, -0.15) is 0 Å². The van der Waals surface area contributed by atoms with Gasteiger partial charge >= 0.3 is 5.97 Å². The summed E-state index contributed by atoms with van der Waals surface area (Å²) in [5.74, 6) is -0.252. The van der Waals surface area contributed by atoms with E-state index in [4.69, 9.17) is 27.9 Å². The summed E-state index contributed by atoms with van der Waals surface area (Å²) in [6, 6.07) is 9.35. The number of ether oxygens (including phenoxy) is 1. The molecule has 112 valence electrons. The maximum atomic E-state index is 11.5. The highest BCUT2D eigenvalue weighted by Crippen LogP contribution is 2.27. The Hall–Kier alpha value is -1.07. The number of rotatable bonds is 6. The van der Waals surface area contributed by atoms with Crippen LogP contribution in [0, 0.1) is 0 Å². The summed E-state index contributed by atoms with van der Waals surface area (Å²) in [6.45, 7) is 0.527. The van der Waals surface area contributed by atoms with Crippen molar-refractivity contribution in [1.82, 2.24) is 5.32 Å². The first kappa shape index (κ1) is 16.3. The van der Waals surface area contributed by atoms with Crippen molar-refractivity contribution in [3.05, 3.63) is 56.2 Å². The fourth-order valence-electron chi connectivity index (χ4n) is 1.93. The number of thiophene rings is 1. The van der Waals surface area contributed by atoms with Gasteiger partial charge in [0, 0.05) is 11.4 Å². The molecule has 0 aliphatic heterocycles. The Bertz CT molecular complexity index is 602. The lowest BCUT2D eigenvalue weighted by molar-refractivity contribution is -0.141. The minimum Gasteiger partial charge on any atom is -0.469 e. The summed E-state index contributed by atoms with van der Waals surface area (Å²) in [6.07, 6.45) is 0.273. The zero-order valence-corrected chi connectivity index (χ0v) is 13.8. The summed E-state index contributed by atoms with van der Waals surface area (Å²) in [5, 5.41) is 6.38. The van der Waals surface area contributed by atoms with Gasteiger partial charge in [-0.15, -0.1) is 11.3 Å². The number of nitrogens with one attached hydrogen (secondary N) is 1. The van der Waals surface area contributed by atoms with Crippen molar-refractivity contribution in [2.45, 2.75) is 19.0 Å². The minimum absolute atomic E-state index is 0.104. The first-order chi connectivity index (χ1) is 10.1. The van der Waals surface area contributed by atoms with Crippen LogP contribution in [0.1, 0.15) is 22.9 Å². The minimum atomic E-state index is -0.252. The van der Waals surface area contributed by atoms with Gasteiger partial charge in [-0.1, -0.05) is 41.4 Å². The van der Waals surface area contributed by atoms with Crippen LogP contribution in [0.3, 0.4) is 0 Å². The average molecular weight is 344 g/mol. The van der Waals surface area contributed by atoms with Gasteiger partial charge in [0.15, 0.2) is 0 Å². The molecule has 0 aliphatic carbocycles. The molecule has 1 heterocycles. The van der Waals surface area contributed by atoms with Crippen molar-refractivity contribution < 1.29 is 9.53 Å². The van der Waals surface area contributed by atoms with E-state index in [1.165, 1.54) is 7.11 Å². The van der Waals surface area contributed by atoms with Crippen LogP contribution in [0.4, 0.5) is 0 Å². The lowest BCUT2D eigenvalue weighted by Gasteiger charge is -2.17. The molecule has 0 radical (unpaired) electrons. The van der Waals surface area contributed by atoms with Crippen molar-refractivity contribution in [3.63, 3.8) is 0 Å². The Labute approximate surface area is 137 Å². The second-order valence-corrected chi connectivity index (χ2v) is 6.21. The maximum absolute atomic E-state index is 11.5. The number of methoxy groups -OCH3 is 1. The van der Waals surface area contributed by atoms with E-state index in [-0.39, 0.29) is 18.4 Å². The highest BCUT2D eigenvalue weighted by atomic mass is 35.5. The Balaban J connectivity index is 2.08. The first-order valence-electron chi connectivity index (χ1n) is 6.38. The van der Waals surface area contributed by atoms with Crippen molar-refractivity contribution in [2.24, 2.45) is 0 Å². The fraction of sp³-hybridized carbons (Fsp3) is 0.267. The normalized spacial score (nSPS) is 12.1. The van der Waals surface area contributed by atoms with E-state index < -0.39 is 0 Å². The Morgan fingerprint density at radius 1 is 1.33 bits per heavy atom. The molecular weight excluding hydrogens is 329 g/mol. The number of benzene rings is 1. The molecule has 3 nitrogen and oxygen atoms in total. The molecule has 1 atom stereocenters. The van der Waals surface area contributed by atoms with Crippen LogP contribution in [0.2, 0.25) is 10.0 Å². The third-order valence-electron chi connectivity index (χ3n) is 3.06. The molecule has 0 spiro atoms. The SMILES string of the molecule is COC(=O)CC(NCc1cccc(Cl)c1Cl)c1cccs1. The molecule has 0 aliphatic rings. The molecule has 6 heteroatoms. The second-order valence-electron chi connectivity index (χ2n) is 4.44. The van der Waals surface area contributed by atoms with E-state index in [1.54, 1.807) is 17.4 Å². The predicted octanol–water partition coefficient (Wildman–Crippen LogP) is 4.45. The van der Waals surface area contributed by atoms with Crippen LogP contribution in [0.25, 0.3) is 0 Å². The molecule has 0 saturated heterocycles. The molecule has 1 aromatic heterocycles. The van der Waals surface area contributed by atoms with Gasteiger partial charge in [-0.3, -0.25) is 4.79 Å². The lowest BCUT2D eigenvalue weighted by atomic mass is 10.1. The largest absolute Gasteiger partial charge is 0.469 e. The van der Waals surface area contributed by atoms with E-state index in [1.807, 2.05) is 29.6 Å². The molecule has 0 amide bonds. The van der Waals surface area contributed by atoms with Gasteiger partial charge in [0.1, 0.15) is 0 Å². The van der Waals surface area contributed by atoms with E-state index in [0.29, 0.717) is 16.6 Å². The standard InChI is InChI=1S/C15H15Cl2NO2S/c1-20-14(19)8-12(13-6-3-7-21-13)18-9-10-4-2-5-11(16)15(10)17/h2-7,12,18H,8-9H2,1H3. The summed E-state index contributed by atoms with van der Waals surface area (Å²) >= 11 is 13.8. The van der Waals surface area contributed by atoms with Gasteiger partial charge in [0.25, 0.3) is 0 Å². The number of carbonyl (C=O) groups is 1. The van der Waals surface area contributed by atoms with Crippen molar-refractivity contribution >= 4 is 40.5 Å². The molecule has 0 saturated carbocycles. The molecule has 2 rings (SSSR count). The van der Waals surface area contributed by atoms with Crippen molar-refractivity contribution in [3.8, 4) is 0 Å². The summed E-state index contributed by atoms with van der Waals surface area (Å²) < 4.78 is 4.75. The highest BCUT2D eigenvalue weighted by molar-refractivity contribution is 7.10. The van der Waals surface area contributed by atoms with Crippen LogP contribution in [-0.2, 0) is 16.1 Å². The van der Waals surface area contributed by atoms with Crippen molar-refractivity contribution in [1.29, 1.82) is 0 Å². The zero-order chi connectivity index (χ0) is 15.2. The monoisotopic (exact) mass is 343 g/mol. The summed E-state index contributed by atoms with van der Waals surface area (Å²) in [4.78, 5) is 12.6. The van der Waals surface area contributed by atoms with Crippen LogP contribution in [-0.4, -0.2) is 13.1 Å². The van der Waals surface area contributed by atoms with E-state index in [2.05, 4.69) is 5.32 Å². The van der Waals surface area contributed by atoms with Crippen LogP contribution >= 0.6 is 34.5 Å². The third kappa shape index (κ3) is 4.45. The lowest BCUT2D eigenvalue weighted by Crippen LogP contribution is -2.23. The van der Waals surface area contributed by atoms with Gasteiger partial charge in [-0.05, 0) is 23.1 Å². The Morgan fingerprint density at radius 3 is 2.81 bits per heavy atom. The van der Waals surface area contributed by atoms with E-state index >= 15 is 0 Å². The van der Waals surface area contributed by atoms with E-state index in [9.17, 15) is 4.79 Å². The topological polar surface area (TPSA) is 38.3 Å². The highest BCUT2D eigenvalue weighted by Gasteiger charge is 2.17. The smallest absolute Gasteiger partial charge is 0.307 e. The van der Waals surface area contributed by atoms with Crippen molar-refractivity contribution in [2.75, 3.05) is 7.11 Å². The molecule has 1 unspecified atom stereocenters. The molecule has 1 aromatic carbocycles. The Kier molecular flexibility index (Phi) is 6.06. The average Bonchev–Trinajstić information content (AvgIpc) is 3.01. The van der Waals surface area contributed by atoms with Gasteiger partial charge < -0.3 is 10.1 Å². The molecule has 2 aromatic rings.